The molecule has 0 spiro atoms. The van der Waals surface area contributed by atoms with Crippen LogP contribution in [0.25, 0.3) is 0 Å². The monoisotopic (exact) mass is 268 g/mol. The van der Waals surface area contributed by atoms with Gasteiger partial charge < -0.3 is 15.3 Å². The van der Waals surface area contributed by atoms with Crippen LogP contribution >= 0.6 is 0 Å². The fourth-order valence-electron chi connectivity index (χ4n) is 3.25. The number of aliphatic hydroxyl groups is 1. The summed E-state index contributed by atoms with van der Waals surface area (Å²) in [6.45, 7) is 8.15. The molecule has 2 fully saturated rings. The van der Waals surface area contributed by atoms with Crippen molar-refractivity contribution >= 4 is 0 Å². The van der Waals surface area contributed by atoms with Crippen LogP contribution in [0.5, 0.6) is 0 Å². The summed E-state index contributed by atoms with van der Waals surface area (Å²) in [7, 11) is 2.22. The zero-order valence-corrected chi connectivity index (χ0v) is 13.2. The smallest absolute Gasteiger partial charge is 0.0628 e. The molecular weight excluding hydrogens is 236 g/mol. The van der Waals surface area contributed by atoms with E-state index in [1.54, 1.807) is 0 Å². The minimum Gasteiger partial charge on any atom is -0.394 e. The van der Waals surface area contributed by atoms with Gasteiger partial charge in [0, 0.05) is 18.6 Å². The van der Waals surface area contributed by atoms with Gasteiger partial charge in [0.05, 0.1) is 12.1 Å². The Morgan fingerprint density at radius 3 is 2.26 bits per heavy atom. The first-order valence-corrected chi connectivity index (χ1v) is 8.05. The summed E-state index contributed by atoms with van der Waals surface area (Å²) in [5.41, 5.74) is -0.0405. The molecule has 2 unspecified atom stereocenters. The molecule has 0 aliphatic heterocycles. The van der Waals surface area contributed by atoms with Crippen molar-refractivity contribution in [2.24, 2.45) is 11.8 Å². The maximum Gasteiger partial charge on any atom is 0.0628 e. The molecule has 0 saturated heterocycles. The largest absolute Gasteiger partial charge is 0.394 e. The van der Waals surface area contributed by atoms with Gasteiger partial charge in [-0.05, 0) is 57.9 Å². The Morgan fingerprint density at radius 1 is 1.21 bits per heavy atom. The zero-order valence-electron chi connectivity index (χ0n) is 13.2. The molecule has 3 heteroatoms. The van der Waals surface area contributed by atoms with E-state index in [0.29, 0.717) is 18.0 Å². The fraction of sp³-hybridized carbons (Fsp3) is 1.00. The van der Waals surface area contributed by atoms with Crippen molar-refractivity contribution in [3.05, 3.63) is 0 Å². The number of nitrogens with one attached hydrogen (secondary N) is 1. The standard InChI is InChI=1S/C16H32N2O/c1-12(2)9-13(3)18(4)10-16(11-19,14-5-6-14)17-15-7-8-15/h12-15,17,19H,5-11H2,1-4H3. The molecule has 0 heterocycles. The molecule has 2 N–H and O–H groups in total. The summed E-state index contributed by atoms with van der Waals surface area (Å²) in [5.74, 6) is 1.42. The Labute approximate surface area is 118 Å². The van der Waals surface area contributed by atoms with Gasteiger partial charge in [0.25, 0.3) is 0 Å². The van der Waals surface area contributed by atoms with E-state index in [0.717, 1.165) is 12.5 Å². The second kappa shape index (κ2) is 6.11. The number of nitrogens with zero attached hydrogens (tertiary/aromatic N) is 1. The lowest BCUT2D eigenvalue weighted by Crippen LogP contribution is -2.59. The topological polar surface area (TPSA) is 35.5 Å². The van der Waals surface area contributed by atoms with Gasteiger partial charge in [-0.3, -0.25) is 0 Å². The van der Waals surface area contributed by atoms with Crippen molar-refractivity contribution in [3.8, 4) is 0 Å². The second-order valence-electron chi connectivity index (χ2n) is 7.40. The minimum atomic E-state index is -0.0405. The molecular formula is C16H32N2O. The minimum absolute atomic E-state index is 0.0405. The predicted octanol–water partition coefficient (Wildman–Crippen LogP) is 2.25. The van der Waals surface area contributed by atoms with Crippen LogP contribution in [0, 0.1) is 11.8 Å². The Morgan fingerprint density at radius 2 is 1.84 bits per heavy atom. The van der Waals surface area contributed by atoms with Gasteiger partial charge in [-0.25, -0.2) is 0 Å². The number of aliphatic hydroxyl groups excluding tert-OH is 1. The second-order valence-corrected chi connectivity index (χ2v) is 7.40. The van der Waals surface area contributed by atoms with Crippen LogP contribution in [0.2, 0.25) is 0 Å². The van der Waals surface area contributed by atoms with Crippen molar-refractivity contribution in [1.29, 1.82) is 0 Å². The van der Waals surface area contributed by atoms with Crippen LogP contribution in [0.15, 0.2) is 0 Å². The molecule has 2 aliphatic rings. The SMILES string of the molecule is CC(C)CC(C)N(C)CC(CO)(NC1CC1)C1CC1. The molecule has 112 valence electrons. The van der Waals surface area contributed by atoms with Crippen LogP contribution < -0.4 is 5.32 Å². The molecule has 2 aliphatic carbocycles. The molecule has 2 saturated carbocycles. The summed E-state index contributed by atoms with van der Waals surface area (Å²) < 4.78 is 0. The summed E-state index contributed by atoms with van der Waals surface area (Å²) >= 11 is 0. The molecule has 3 nitrogen and oxygen atoms in total. The van der Waals surface area contributed by atoms with Gasteiger partial charge in [0.15, 0.2) is 0 Å². The van der Waals surface area contributed by atoms with Gasteiger partial charge in [0.2, 0.25) is 0 Å². The van der Waals surface area contributed by atoms with Gasteiger partial charge >= 0.3 is 0 Å². The van der Waals surface area contributed by atoms with Crippen LogP contribution in [-0.4, -0.2) is 47.8 Å². The van der Waals surface area contributed by atoms with E-state index < -0.39 is 0 Å². The van der Waals surface area contributed by atoms with E-state index in [1.165, 1.54) is 32.1 Å². The third-order valence-electron chi connectivity index (χ3n) is 4.81. The Kier molecular flexibility index (Phi) is 4.91. The number of likely N-dealkylation sites (N-methyl/N-ethyl adjacent to an activating group) is 1. The molecule has 0 bridgehead atoms. The first kappa shape index (κ1) is 15.3. The van der Waals surface area contributed by atoms with E-state index in [4.69, 9.17) is 0 Å². The van der Waals surface area contributed by atoms with Gasteiger partial charge in [-0.2, -0.15) is 0 Å². The molecule has 0 aromatic rings. The van der Waals surface area contributed by atoms with E-state index in [1.807, 2.05) is 0 Å². The van der Waals surface area contributed by atoms with Gasteiger partial charge in [-0.1, -0.05) is 13.8 Å². The Balaban J connectivity index is 1.94. The quantitative estimate of drug-likeness (QED) is 0.673. The highest BCUT2D eigenvalue weighted by atomic mass is 16.3. The molecule has 0 aromatic heterocycles. The molecule has 19 heavy (non-hydrogen) atoms. The molecule has 0 radical (unpaired) electrons. The average molecular weight is 268 g/mol. The van der Waals surface area contributed by atoms with Crippen molar-refractivity contribution in [2.75, 3.05) is 20.2 Å². The lowest BCUT2D eigenvalue weighted by Gasteiger charge is -2.40. The first-order chi connectivity index (χ1) is 8.97. The number of hydrogen-bond donors (Lipinski definition) is 2. The van der Waals surface area contributed by atoms with Gasteiger partial charge in [0.1, 0.15) is 0 Å². The first-order valence-electron chi connectivity index (χ1n) is 8.05. The molecule has 0 amide bonds. The lowest BCUT2D eigenvalue weighted by molar-refractivity contribution is 0.0808. The van der Waals surface area contributed by atoms with Crippen LogP contribution in [-0.2, 0) is 0 Å². The normalized spacial score (nSPS) is 24.8. The summed E-state index contributed by atoms with van der Waals surface area (Å²) in [5, 5.41) is 13.8. The zero-order chi connectivity index (χ0) is 14.0. The van der Waals surface area contributed by atoms with E-state index in [-0.39, 0.29) is 12.1 Å². The summed E-state index contributed by atoms with van der Waals surface area (Å²) in [6.07, 6.45) is 6.38. The molecule has 2 rings (SSSR count). The molecule has 2 atom stereocenters. The third kappa shape index (κ3) is 4.17. The summed E-state index contributed by atoms with van der Waals surface area (Å²) in [6, 6.07) is 1.26. The van der Waals surface area contributed by atoms with Crippen molar-refractivity contribution in [1.82, 2.24) is 10.2 Å². The van der Waals surface area contributed by atoms with Crippen LogP contribution in [0.3, 0.4) is 0 Å². The van der Waals surface area contributed by atoms with Crippen LogP contribution in [0.1, 0.15) is 52.9 Å². The average Bonchev–Trinajstić information content (AvgIpc) is 3.19. The Hall–Kier alpha value is -0.120. The van der Waals surface area contributed by atoms with Gasteiger partial charge in [-0.15, -0.1) is 0 Å². The highest BCUT2D eigenvalue weighted by Crippen LogP contribution is 2.42. The third-order valence-corrected chi connectivity index (χ3v) is 4.81. The fourth-order valence-corrected chi connectivity index (χ4v) is 3.25. The summed E-state index contributed by atoms with van der Waals surface area (Å²) in [4.78, 5) is 2.45. The lowest BCUT2D eigenvalue weighted by atomic mass is 9.92. The van der Waals surface area contributed by atoms with Crippen molar-refractivity contribution in [3.63, 3.8) is 0 Å². The van der Waals surface area contributed by atoms with E-state index in [2.05, 4.69) is 38.0 Å². The number of hydrogen-bond acceptors (Lipinski definition) is 3. The van der Waals surface area contributed by atoms with E-state index in [9.17, 15) is 5.11 Å². The van der Waals surface area contributed by atoms with E-state index >= 15 is 0 Å². The van der Waals surface area contributed by atoms with Crippen molar-refractivity contribution < 1.29 is 5.11 Å². The van der Waals surface area contributed by atoms with Crippen LogP contribution in [0.4, 0.5) is 0 Å². The number of rotatable bonds is 9. The highest BCUT2D eigenvalue weighted by molar-refractivity contribution is 5.06. The maximum atomic E-state index is 9.99. The maximum absolute atomic E-state index is 9.99. The predicted molar refractivity (Wildman–Crippen MR) is 80.2 cm³/mol. The highest BCUT2D eigenvalue weighted by Gasteiger charge is 2.48. The Bertz CT molecular complexity index is 286. The molecule has 0 aromatic carbocycles. The van der Waals surface area contributed by atoms with Crippen molar-refractivity contribution in [2.45, 2.75) is 70.5 Å².